The van der Waals surface area contributed by atoms with Crippen molar-refractivity contribution < 1.29 is 14.3 Å². The Morgan fingerprint density at radius 3 is 2.31 bits per heavy atom. The van der Waals surface area contributed by atoms with Crippen molar-refractivity contribution in [2.75, 3.05) is 4.90 Å². The molecule has 7 nitrogen and oxygen atoms in total. The van der Waals surface area contributed by atoms with E-state index < -0.39 is 11.8 Å². The second-order valence-electron chi connectivity index (χ2n) is 10.4. The maximum atomic E-state index is 13.6. The minimum Gasteiger partial charge on any atom is -0.489 e. The van der Waals surface area contributed by atoms with Gasteiger partial charge in [-0.3, -0.25) is 19.8 Å². The van der Waals surface area contributed by atoms with E-state index in [4.69, 9.17) is 17.0 Å². The Labute approximate surface area is 250 Å². The Morgan fingerprint density at radius 2 is 1.64 bits per heavy atom. The molecule has 1 aliphatic heterocycles. The van der Waals surface area contributed by atoms with Crippen LogP contribution in [-0.2, 0) is 16.2 Å². The number of ether oxygens (including phenoxy) is 1. The molecule has 0 spiro atoms. The van der Waals surface area contributed by atoms with Gasteiger partial charge in [0.1, 0.15) is 17.9 Å². The third-order valence-corrected chi connectivity index (χ3v) is 7.60. The van der Waals surface area contributed by atoms with Gasteiger partial charge in [-0.15, -0.1) is 0 Å². The van der Waals surface area contributed by atoms with Crippen LogP contribution in [0, 0.1) is 25.2 Å². The van der Waals surface area contributed by atoms with Crippen molar-refractivity contribution in [2.24, 2.45) is 0 Å². The average molecular weight is 575 g/mol. The zero-order chi connectivity index (χ0) is 30.0. The molecule has 2 heterocycles. The van der Waals surface area contributed by atoms with Gasteiger partial charge in [0, 0.05) is 22.6 Å². The van der Waals surface area contributed by atoms with Gasteiger partial charge in [-0.05, 0) is 97.7 Å². The van der Waals surface area contributed by atoms with Crippen LogP contribution in [-0.4, -0.2) is 21.5 Å². The smallest absolute Gasteiger partial charge is 0.270 e. The van der Waals surface area contributed by atoms with Crippen LogP contribution in [0.2, 0.25) is 0 Å². The standard InChI is InChI=1S/C34H30N4O3S/c1-21(2)24-9-11-29(12-10-24)38-33(40)31(32(39)36-34(38)42)18-27-17-22(3)37(23(27)4)28-13-15-30(16-14-28)41-20-26-8-6-5-7-25(26)19-35/h5-18,21H,20H2,1-4H3,(H,36,39,42)/b31-18+. The Morgan fingerprint density at radius 1 is 0.976 bits per heavy atom. The SMILES string of the molecule is Cc1cc(/C=C2\C(=O)NC(=S)N(c3ccc(C(C)C)cc3)C2=O)c(C)n1-c1ccc(OCc2ccccc2C#N)cc1. The molecule has 2 amide bonds. The van der Waals surface area contributed by atoms with E-state index in [2.05, 4.69) is 29.8 Å². The second kappa shape index (κ2) is 11.9. The van der Waals surface area contributed by atoms with Crippen LogP contribution in [0.15, 0.2) is 84.4 Å². The molecule has 0 radical (unpaired) electrons. The zero-order valence-electron chi connectivity index (χ0n) is 23.8. The van der Waals surface area contributed by atoms with Crippen LogP contribution in [0.4, 0.5) is 5.69 Å². The first kappa shape index (κ1) is 28.5. The van der Waals surface area contributed by atoms with Crippen molar-refractivity contribution in [1.29, 1.82) is 5.26 Å². The molecule has 4 aromatic rings. The normalized spacial score (nSPS) is 14.3. The van der Waals surface area contributed by atoms with Crippen molar-refractivity contribution in [1.82, 2.24) is 9.88 Å². The summed E-state index contributed by atoms with van der Waals surface area (Å²) < 4.78 is 7.98. The van der Waals surface area contributed by atoms with Crippen molar-refractivity contribution in [3.05, 3.63) is 118 Å². The van der Waals surface area contributed by atoms with Gasteiger partial charge in [0.25, 0.3) is 11.8 Å². The molecule has 1 aliphatic rings. The van der Waals surface area contributed by atoms with E-state index >= 15 is 0 Å². The maximum Gasteiger partial charge on any atom is 0.270 e. The highest BCUT2D eigenvalue weighted by atomic mass is 32.1. The highest BCUT2D eigenvalue weighted by molar-refractivity contribution is 7.80. The lowest BCUT2D eigenvalue weighted by Crippen LogP contribution is -2.54. The number of aromatic nitrogens is 1. The number of carbonyl (C=O) groups is 2. The Balaban J connectivity index is 1.39. The molecule has 1 fully saturated rings. The summed E-state index contributed by atoms with van der Waals surface area (Å²) in [5, 5.41) is 12.0. The van der Waals surface area contributed by atoms with Crippen molar-refractivity contribution in [2.45, 2.75) is 40.2 Å². The largest absolute Gasteiger partial charge is 0.489 e. The molecule has 3 aromatic carbocycles. The van der Waals surface area contributed by atoms with Gasteiger partial charge in [0.15, 0.2) is 5.11 Å². The van der Waals surface area contributed by atoms with Crippen LogP contribution in [0.1, 0.15) is 53.4 Å². The van der Waals surface area contributed by atoms with E-state index in [1.807, 2.05) is 86.6 Å². The van der Waals surface area contributed by atoms with Gasteiger partial charge >= 0.3 is 0 Å². The van der Waals surface area contributed by atoms with Crippen LogP contribution in [0.5, 0.6) is 5.75 Å². The van der Waals surface area contributed by atoms with Gasteiger partial charge in [-0.25, -0.2) is 0 Å². The van der Waals surface area contributed by atoms with Gasteiger partial charge in [0.2, 0.25) is 0 Å². The van der Waals surface area contributed by atoms with Crippen LogP contribution in [0.25, 0.3) is 11.8 Å². The number of nitrogens with zero attached hydrogens (tertiary/aromatic N) is 3. The molecule has 42 heavy (non-hydrogen) atoms. The van der Waals surface area contributed by atoms with Gasteiger partial charge in [0.05, 0.1) is 17.3 Å². The summed E-state index contributed by atoms with van der Waals surface area (Å²) in [7, 11) is 0. The fourth-order valence-electron chi connectivity index (χ4n) is 4.99. The Kier molecular flexibility index (Phi) is 8.05. The lowest BCUT2D eigenvalue weighted by molar-refractivity contribution is -0.122. The van der Waals surface area contributed by atoms with Crippen molar-refractivity contribution in [3.8, 4) is 17.5 Å². The number of rotatable bonds is 7. The molecule has 1 N–H and O–H groups in total. The summed E-state index contributed by atoms with van der Waals surface area (Å²) in [5.41, 5.74) is 6.65. The van der Waals surface area contributed by atoms with Crippen LogP contribution >= 0.6 is 12.2 Å². The highest BCUT2D eigenvalue weighted by Gasteiger charge is 2.34. The number of hydrogen-bond acceptors (Lipinski definition) is 5. The lowest BCUT2D eigenvalue weighted by atomic mass is 10.0. The minimum atomic E-state index is -0.524. The predicted octanol–water partition coefficient (Wildman–Crippen LogP) is 6.50. The number of nitrogens with one attached hydrogen (secondary N) is 1. The average Bonchev–Trinajstić information content (AvgIpc) is 3.26. The van der Waals surface area contributed by atoms with E-state index in [9.17, 15) is 14.9 Å². The molecule has 1 aromatic heterocycles. The number of amides is 2. The summed E-state index contributed by atoms with van der Waals surface area (Å²) in [4.78, 5) is 27.8. The van der Waals surface area contributed by atoms with Crippen molar-refractivity contribution >= 4 is 40.9 Å². The molecule has 5 rings (SSSR count). The first-order valence-electron chi connectivity index (χ1n) is 13.6. The monoisotopic (exact) mass is 574 g/mol. The molecule has 210 valence electrons. The van der Waals surface area contributed by atoms with Crippen LogP contribution in [0.3, 0.4) is 0 Å². The molecule has 0 aliphatic carbocycles. The third kappa shape index (κ3) is 5.60. The Bertz CT molecular complexity index is 1760. The van der Waals surface area contributed by atoms with E-state index in [0.29, 0.717) is 29.5 Å². The van der Waals surface area contributed by atoms with Crippen LogP contribution < -0.4 is 15.0 Å². The summed E-state index contributed by atoms with van der Waals surface area (Å²) in [5.74, 6) is 0.0389. The topological polar surface area (TPSA) is 87.4 Å². The second-order valence-corrected chi connectivity index (χ2v) is 10.8. The molecular formula is C34H30N4O3S. The number of nitriles is 1. The zero-order valence-corrected chi connectivity index (χ0v) is 24.7. The van der Waals surface area contributed by atoms with E-state index in [0.717, 1.165) is 33.8 Å². The third-order valence-electron chi connectivity index (χ3n) is 7.32. The molecule has 8 heteroatoms. The number of benzene rings is 3. The molecule has 0 atom stereocenters. The highest BCUT2D eigenvalue weighted by Crippen LogP contribution is 2.28. The summed E-state index contributed by atoms with van der Waals surface area (Å²) in [6, 6.07) is 26.8. The molecule has 0 saturated carbocycles. The number of carbonyl (C=O) groups excluding carboxylic acids is 2. The number of thiocarbonyl (C=S) groups is 1. The van der Waals surface area contributed by atoms with Gasteiger partial charge in [-0.1, -0.05) is 44.2 Å². The van der Waals surface area contributed by atoms with Gasteiger partial charge < -0.3 is 9.30 Å². The quantitative estimate of drug-likeness (QED) is 0.155. The molecular weight excluding hydrogens is 544 g/mol. The lowest BCUT2D eigenvalue weighted by Gasteiger charge is -2.29. The summed E-state index contributed by atoms with van der Waals surface area (Å²) in [6.07, 6.45) is 1.62. The summed E-state index contributed by atoms with van der Waals surface area (Å²) >= 11 is 5.37. The molecule has 1 saturated heterocycles. The van der Waals surface area contributed by atoms with Crippen molar-refractivity contribution in [3.63, 3.8) is 0 Å². The minimum absolute atomic E-state index is 0.0122. The summed E-state index contributed by atoms with van der Waals surface area (Å²) in [6.45, 7) is 8.41. The maximum absolute atomic E-state index is 13.6. The fourth-order valence-corrected chi connectivity index (χ4v) is 5.28. The molecule has 0 bridgehead atoms. The number of aryl methyl sites for hydroxylation is 1. The Hall–Kier alpha value is -5.00. The first-order chi connectivity index (χ1) is 20.2. The number of hydrogen-bond donors (Lipinski definition) is 1. The number of anilines is 1. The van der Waals surface area contributed by atoms with E-state index in [-0.39, 0.29) is 10.7 Å². The predicted molar refractivity (Wildman–Crippen MR) is 167 cm³/mol. The van der Waals surface area contributed by atoms with Gasteiger partial charge in [-0.2, -0.15) is 5.26 Å². The van der Waals surface area contributed by atoms with E-state index in [1.54, 1.807) is 12.1 Å². The molecule has 0 unspecified atom stereocenters. The first-order valence-corrected chi connectivity index (χ1v) is 14.0. The fraction of sp³-hybridized carbons (Fsp3) is 0.176. The van der Waals surface area contributed by atoms with E-state index in [1.165, 1.54) is 4.90 Å².